The number of carbonyl (C=O) groups is 1. The minimum atomic E-state index is -0.0368. The van der Waals surface area contributed by atoms with Crippen molar-refractivity contribution >= 4 is 51.5 Å². The van der Waals surface area contributed by atoms with E-state index in [4.69, 9.17) is 16.3 Å². The van der Waals surface area contributed by atoms with Crippen LogP contribution in [0.1, 0.15) is 16.1 Å². The molecule has 0 aliphatic rings. The lowest BCUT2D eigenvalue weighted by atomic mass is 10.2. The van der Waals surface area contributed by atoms with E-state index in [0.29, 0.717) is 16.3 Å². The van der Waals surface area contributed by atoms with Crippen LogP contribution in [0.25, 0.3) is 10.9 Å². The zero-order valence-corrected chi connectivity index (χ0v) is 14.7. The summed E-state index contributed by atoms with van der Waals surface area (Å²) in [7, 11) is 1.58. The van der Waals surface area contributed by atoms with Crippen LogP contribution in [0.3, 0.4) is 0 Å². The highest BCUT2D eigenvalue weighted by atomic mass is 35.5. The number of thioether (sulfide) groups is 1. The van der Waals surface area contributed by atoms with Gasteiger partial charge in [-0.05, 0) is 37.4 Å². The van der Waals surface area contributed by atoms with E-state index in [1.165, 1.54) is 0 Å². The Morgan fingerprint density at radius 3 is 2.73 bits per heavy atom. The van der Waals surface area contributed by atoms with Crippen molar-refractivity contribution in [1.82, 2.24) is 4.57 Å². The normalized spacial score (nSPS) is 11.1. The molecule has 0 atom stereocenters. The highest BCUT2D eigenvalue weighted by molar-refractivity contribution is 8.00. The number of aromatic nitrogens is 1. The molecule has 0 aliphatic heterocycles. The van der Waals surface area contributed by atoms with E-state index in [2.05, 4.69) is 0 Å². The molecular formula is C16H14ClNO2S2. The van der Waals surface area contributed by atoms with Gasteiger partial charge in [-0.15, -0.1) is 23.1 Å². The Bertz CT molecular complexity index is 867. The summed E-state index contributed by atoms with van der Waals surface area (Å²) in [5, 5.41) is 3.33. The summed E-state index contributed by atoms with van der Waals surface area (Å²) >= 11 is 9.43. The number of halogens is 1. The molecule has 2 aromatic heterocycles. The van der Waals surface area contributed by atoms with Crippen molar-refractivity contribution in [1.29, 1.82) is 0 Å². The highest BCUT2D eigenvalue weighted by Gasteiger charge is 2.17. The zero-order valence-electron chi connectivity index (χ0n) is 12.3. The number of ether oxygens (including phenoxy) is 1. The number of hydrogen-bond acceptors (Lipinski definition) is 4. The first-order chi connectivity index (χ1) is 10.5. The van der Waals surface area contributed by atoms with Crippen LogP contribution in [0.5, 0.6) is 5.75 Å². The van der Waals surface area contributed by atoms with Crippen LogP contribution >= 0.6 is 34.7 Å². The number of benzene rings is 1. The first kappa shape index (κ1) is 15.5. The monoisotopic (exact) mass is 351 g/mol. The molecule has 0 saturated heterocycles. The average molecular weight is 352 g/mol. The molecule has 3 nitrogen and oxygen atoms in total. The minimum absolute atomic E-state index is 0.0368. The first-order valence-electron chi connectivity index (χ1n) is 6.58. The second kappa shape index (κ2) is 5.99. The molecule has 0 bridgehead atoms. The molecule has 114 valence electrons. The lowest BCUT2D eigenvalue weighted by Gasteiger charge is -2.07. The predicted molar refractivity (Wildman–Crippen MR) is 94.1 cm³/mol. The van der Waals surface area contributed by atoms with Gasteiger partial charge in [0.1, 0.15) is 5.75 Å². The van der Waals surface area contributed by atoms with E-state index >= 15 is 0 Å². The number of carbonyl (C=O) groups excluding carboxylic acids is 1. The molecule has 0 N–H and O–H groups in total. The molecule has 0 saturated carbocycles. The molecule has 6 heteroatoms. The molecule has 0 spiro atoms. The summed E-state index contributed by atoms with van der Waals surface area (Å²) < 4.78 is 8.06. The Morgan fingerprint density at radius 2 is 2.09 bits per heavy atom. The van der Waals surface area contributed by atoms with E-state index < -0.39 is 0 Å². The fourth-order valence-corrected chi connectivity index (χ4v) is 4.05. The number of fused-ring (bicyclic) bond motifs is 1. The maximum absolute atomic E-state index is 12.8. The Kier molecular flexibility index (Phi) is 4.21. The van der Waals surface area contributed by atoms with Gasteiger partial charge >= 0.3 is 0 Å². The topological polar surface area (TPSA) is 31.2 Å². The minimum Gasteiger partial charge on any atom is -0.495 e. The van der Waals surface area contributed by atoms with E-state index in [9.17, 15) is 4.79 Å². The van der Waals surface area contributed by atoms with Gasteiger partial charge < -0.3 is 4.74 Å². The number of nitrogens with zero attached hydrogens (tertiary/aromatic N) is 1. The van der Waals surface area contributed by atoms with Crippen molar-refractivity contribution < 1.29 is 9.53 Å². The molecule has 1 aromatic carbocycles. The summed E-state index contributed by atoms with van der Waals surface area (Å²) in [6.45, 7) is 1.92. The number of aryl methyl sites for hydroxylation is 1. The Hall–Kier alpha value is -1.43. The van der Waals surface area contributed by atoms with Crippen LogP contribution in [0.15, 0.2) is 33.9 Å². The van der Waals surface area contributed by atoms with Gasteiger partial charge in [0.2, 0.25) is 0 Å². The van der Waals surface area contributed by atoms with Gasteiger partial charge in [-0.3, -0.25) is 9.36 Å². The molecule has 0 fully saturated rings. The van der Waals surface area contributed by atoms with E-state index in [1.807, 2.05) is 36.8 Å². The summed E-state index contributed by atoms with van der Waals surface area (Å²) in [5.74, 6) is 0.573. The third kappa shape index (κ3) is 2.53. The van der Waals surface area contributed by atoms with Crippen LogP contribution in [0.4, 0.5) is 0 Å². The zero-order chi connectivity index (χ0) is 15.9. The largest absolute Gasteiger partial charge is 0.495 e. The van der Waals surface area contributed by atoms with Gasteiger partial charge in [-0.25, -0.2) is 0 Å². The summed E-state index contributed by atoms with van der Waals surface area (Å²) in [6, 6.07) is 7.53. The van der Waals surface area contributed by atoms with Gasteiger partial charge in [0.05, 0.1) is 27.4 Å². The summed E-state index contributed by atoms with van der Waals surface area (Å²) in [4.78, 5) is 12.8. The third-order valence-corrected chi connectivity index (χ3v) is 5.81. The maximum Gasteiger partial charge on any atom is 0.263 e. The lowest BCUT2D eigenvalue weighted by molar-refractivity contribution is 0.0963. The molecule has 2 heterocycles. The SMILES string of the molecule is COc1cc2cc(C)n(C(=O)c3csc(SC)c3)c2cc1Cl. The van der Waals surface area contributed by atoms with E-state index in [-0.39, 0.29) is 5.91 Å². The van der Waals surface area contributed by atoms with Gasteiger partial charge in [0, 0.05) is 16.5 Å². The van der Waals surface area contributed by atoms with Crippen LogP contribution in [0.2, 0.25) is 5.02 Å². The standard InChI is InChI=1S/C16H14ClNO2S2/c1-9-4-10-5-14(20-2)12(17)7-13(10)18(9)16(19)11-6-15(21-3)22-8-11/h4-8H,1-3H3. The molecular weight excluding hydrogens is 338 g/mol. The molecule has 0 amide bonds. The maximum atomic E-state index is 12.8. The Labute approximate surface area is 141 Å². The number of thiophene rings is 1. The molecule has 0 unspecified atom stereocenters. The molecule has 0 aliphatic carbocycles. The fraction of sp³-hybridized carbons (Fsp3) is 0.188. The Balaban J connectivity index is 2.15. The van der Waals surface area contributed by atoms with Gasteiger partial charge in [0.25, 0.3) is 5.91 Å². The van der Waals surface area contributed by atoms with Crippen molar-refractivity contribution in [3.63, 3.8) is 0 Å². The van der Waals surface area contributed by atoms with E-state index in [1.54, 1.807) is 40.8 Å². The molecule has 3 rings (SSSR count). The molecule has 22 heavy (non-hydrogen) atoms. The van der Waals surface area contributed by atoms with Crippen molar-refractivity contribution in [2.45, 2.75) is 11.1 Å². The van der Waals surface area contributed by atoms with Crippen molar-refractivity contribution in [2.75, 3.05) is 13.4 Å². The second-order valence-corrected chi connectivity index (χ2v) is 7.26. The lowest BCUT2D eigenvalue weighted by Crippen LogP contribution is -2.12. The highest BCUT2D eigenvalue weighted by Crippen LogP contribution is 2.33. The van der Waals surface area contributed by atoms with E-state index in [0.717, 1.165) is 20.8 Å². The smallest absolute Gasteiger partial charge is 0.263 e. The summed E-state index contributed by atoms with van der Waals surface area (Å²) in [6.07, 6.45) is 2.00. The second-order valence-electron chi connectivity index (χ2n) is 4.83. The first-order valence-corrected chi connectivity index (χ1v) is 9.06. The number of rotatable bonds is 3. The fourth-order valence-electron chi connectivity index (χ4n) is 2.44. The average Bonchev–Trinajstić information content (AvgIpc) is 3.09. The third-order valence-electron chi connectivity index (χ3n) is 3.49. The van der Waals surface area contributed by atoms with Crippen molar-refractivity contribution in [3.8, 4) is 5.75 Å². The van der Waals surface area contributed by atoms with Crippen LogP contribution in [0, 0.1) is 6.92 Å². The Morgan fingerprint density at radius 1 is 1.32 bits per heavy atom. The summed E-state index contributed by atoms with van der Waals surface area (Å²) in [5.41, 5.74) is 2.37. The van der Waals surface area contributed by atoms with Crippen molar-refractivity contribution in [2.24, 2.45) is 0 Å². The molecule has 3 aromatic rings. The van der Waals surface area contributed by atoms with Crippen LogP contribution < -0.4 is 4.74 Å². The quantitative estimate of drug-likeness (QED) is 0.616. The van der Waals surface area contributed by atoms with Gasteiger partial charge in [-0.1, -0.05) is 11.6 Å². The number of hydrogen-bond donors (Lipinski definition) is 0. The molecule has 0 radical (unpaired) electrons. The van der Waals surface area contributed by atoms with Gasteiger partial charge in [0.15, 0.2) is 0 Å². The van der Waals surface area contributed by atoms with Gasteiger partial charge in [-0.2, -0.15) is 0 Å². The predicted octanol–water partition coefficient (Wildman–Crippen LogP) is 5.08. The number of methoxy groups -OCH3 is 1. The van der Waals surface area contributed by atoms with Crippen molar-refractivity contribution in [3.05, 3.63) is 45.9 Å². The van der Waals surface area contributed by atoms with Crippen LogP contribution in [-0.2, 0) is 0 Å². The van der Waals surface area contributed by atoms with Crippen LogP contribution in [-0.4, -0.2) is 23.8 Å².